The van der Waals surface area contributed by atoms with Gasteiger partial charge in [0, 0.05) is 12.7 Å². The van der Waals surface area contributed by atoms with Crippen molar-refractivity contribution >= 4 is 0 Å². The number of aromatic nitrogens is 4. The summed E-state index contributed by atoms with van der Waals surface area (Å²) in [6, 6.07) is 4.32. The molecule has 2 rings (SSSR count). The van der Waals surface area contributed by atoms with Crippen molar-refractivity contribution in [2.24, 2.45) is 7.05 Å². The second kappa shape index (κ2) is 4.73. The van der Waals surface area contributed by atoms with Crippen LogP contribution in [0.5, 0.6) is 0 Å². The Morgan fingerprint density at radius 1 is 1.06 bits per heavy atom. The van der Waals surface area contributed by atoms with Gasteiger partial charge < -0.3 is 0 Å². The SMILES string of the molecule is CCc1cc(CC)n(Cc2cc(C)nn2C)n1. The monoisotopic (exact) mass is 232 g/mol. The molecule has 2 aromatic heterocycles. The highest BCUT2D eigenvalue weighted by atomic mass is 15.3. The van der Waals surface area contributed by atoms with Crippen molar-refractivity contribution in [2.75, 3.05) is 0 Å². The maximum atomic E-state index is 4.62. The molecule has 17 heavy (non-hydrogen) atoms. The number of nitrogens with zero attached hydrogens (tertiary/aromatic N) is 4. The van der Waals surface area contributed by atoms with Gasteiger partial charge in [0.05, 0.1) is 23.6 Å². The fourth-order valence-electron chi connectivity index (χ4n) is 2.07. The molecule has 0 aromatic carbocycles. The van der Waals surface area contributed by atoms with Crippen LogP contribution in [0.4, 0.5) is 0 Å². The van der Waals surface area contributed by atoms with Crippen LogP contribution in [0.15, 0.2) is 12.1 Å². The smallest absolute Gasteiger partial charge is 0.0831 e. The van der Waals surface area contributed by atoms with Gasteiger partial charge in [-0.05, 0) is 31.9 Å². The highest BCUT2D eigenvalue weighted by Crippen LogP contribution is 2.10. The lowest BCUT2D eigenvalue weighted by Gasteiger charge is -2.05. The first-order valence-electron chi connectivity index (χ1n) is 6.19. The van der Waals surface area contributed by atoms with Crippen LogP contribution < -0.4 is 0 Å². The highest BCUT2D eigenvalue weighted by molar-refractivity contribution is 5.14. The predicted molar refractivity (Wildman–Crippen MR) is 68.0 cm³/mol. The first kappa shape index (κ1) is 11.9. The molecule has 2 aromatic rings. The van der Waals surface area contributed by atoms with Crippen molar-refractivity contribution < 1.29 is 0 Å². The van der Waals surface area contributed by atoms with Gasteiger partial charge in [-0.3, -0.25) is 9.36 Å². The van der Waals surface area contributed by atoms with Crippen molar-refractivity contribution in [3.05, 3.63) is 34.9 Å². The van der Waals surface area contributed by atoms with Gasteiger partial charge in [0.2, 0.25) is 0 Å². The van der Waals surface area contributed by atoms with Gasteiger partial charge in [0.25, 0.3) is 0 Å². The summed E-state index contributed by atoms with van der Waals surface area (Å²) in [7, 11) is 1.98. The number of rotatable bonds is 4. The van der Waals surface area contributed by atoms with E-state index in [9.17, 15) is 0 Å². The first-order valence-corrected chi connectivity index (χ1v) is 6.19. The fraction of sp³-hybridized carbons (Fsp3) is 0.538. The summed E-state index contributed by atoms with van der Waals surface area (Å²) in [5.41, 5.74) is 4.72. The second-order valence-corrected chi connectivity index (χ2v) is 4.39. The second-order valence-electron chi connectivity index (χ2n) is 4.39. The molecular weight excluding hydrogens is 212 g/mol. The minimum atomic E-state index is 0.806. The van der Waals surface area contributed by atoms with Crippen LogP contribution in [-0.4, -0.2) is 19.6 Å². The Labute approximate surface area is 102 Å². The Hall–Kier alpha value is -1.58. The van der Waals surface area contributed by atoms with E-state index >= 15 is 0 Å². The molecule has 0 saturated heterocycles. The molecule has 0 aliphatic rings. The van der Waals surface area contributed by atoms with E-state index in [2.05, 4.69) is 40.9 Å². The highest BCUT2D eigenvalue weighted by Gasteiger charge is 2.08. The van der Waals surface area contributed by atoms with Crippen molar-refractivity contribution in [3.8, 4) is 0 Å². The number of hydrogen-bond acceptors (Lipinski definition) is 2. The van der Waals surface area contributed by atoms with Crippen LogP contribution in [0.25, 0.3) is 0 Å². The van der Waals surface area contributed by atoms with E-state index < -0.39 is 0 Å². The molecule has 0 atom stereocenters. The Morgan fingerprint density at radius 2 is 1.82 bits per heavy atom. The van der Waals surface area contributed by atoms with Crippen LogP contribution in [0, 0.1) is 6.92 Å². The van der Waals surface area contributed by atoms with Crippen molar-refractivity contribution in [3.63, 3.8) is 0 Å². The molecule has 2 heterocycles. The average Bonchev–Trinajstić information content (AvgIpc) is 2.83. The minimum Gasteiger partial charge on any atom is -0.270 e. The van der Waals surface area contributed by atoms with E-state index in [4.69, 9.17) is 0 Å². The molecule has 0 unspecified atom stereocenters. The maximum Gasteiger partial charge on any atom is 0.0831 e. The maximum absolute atomic E-state index is 4.62. The van der Waals surface area contributed by atoms with E-state index in [1.54, 1.807) is 0 Å². The Balaban J connectivity index is 2.28. The van der Waals surface area contributed by atoms with Gasteiger partial charge >= 0.3 is 0 Å². The largest absolute Gasteiger partial charge is 0.270 e. The Kier molecular flexibility index (Phi) is 3.31. The van der Waals surface area contributed by atoms with Gasteiger partial charge in [-0.2, -0.15) is 10.2 Å². The average molecular weight is 232 g/mol. The Bertz CT molecular complexity index is 507. The van der Waals surface area contributed by atoms with Gasteiger partial charge in [0.1, 0.15) is 0 Å². The predicted octanol–water partition coefficient (Wildman–Crippen LogP) is 2.10. The molecule has 0 saturated carbocycles. The normalized spacial score (nSPS) is 11.1. The fourth-order valence-corrected chi connectivity index (χ4v) is 2.07. The van der Waals surface area contributed by atoms with E-state index in [-0.39, 0.29) is 0 Å². The first-order chi connectivity index (χ1) is 8.13. The lowest BCUT2D eigenvalue weighted by molar-refractivity contribution is 0.593. The van der Waals surface area contributed by atoms with Crippen LogP contribution in [0.2, 0.25) is 0 Å². The zero-order chi connectivity index (χ0) is 12.4. The van der Waals surface area contributed by atoms with Gasteiger partial charge in [-0.15, -0.1) is 0 Å². The lowest BCUT2D eigenvalue weighted by Crippen LogP contribution is -2.09. The molecule has 0 aliphatic carbocycles. The number of hydrogen-bond donors (Lipinski definition) is 0. The quantitative estimate of drug-likeness (QED) is 0.809. The molecular formula is C13H20N4. The molecule has 0 bridgehead atoms. The van der Waals surface area contributed by atoms with Crippen molar-refractivity contribution in [1.29, 1.82) is 0 Å². The summed E-state index contributed by atoms with van der Waals surface area (Å²) in [6.07, 6.45) is 2.01. The molecule has 0 N–H and O–H groups in total. The van der Waals surface area contributed by atoms with Gasteiger partial charge in [0.15, 0.2) is 0 Å². The molecule has 92 valence electrons. The van der Waals surface area contributed by atoms with E-state index in [0.717, 1.165) is 25.1 Å². The van der Waals surface area contributed by atoms with Crippen molar-refractivity contribution in [2.45, 2.75) is 40.2 Å². The third kappa shape index (κ3) is 2.40. The zero-order valence-electron chi connectivity index (χ0n) is 11.1. The molecule has 0 spiro atoms. The van der Waals surface area contributed by atoms with Crippen LogP contribution in [0.1, 0.15) is 36.6 Å². The third-order valence-corrected chi connectivity index (χ3v) is 3.05. The van der Waals surface area contributed by atoms with E-state index in [1.165, 1.54) is 17.1 Å². The topological polar surface area (TPSA) is 35.6 Å². The molecule has 0 amide bonds. The summed E-state index contributed by atoms with van der Waals surface area (Å²) in [5, 5.41) is 8.99. The summed E-state index contributed by atoms with van der Waals surface area (Å²) in [4.78, 5) is 0. The Morgan fingerprint density at radius 3 is 2.35 bits per heavy atom. The van der Waals surface area contributed by atoms with Crippen LogP contribution in [0.3, 0.4) is 0 Å². The molecule has 0 aliphatic heterocycles. The summed E-state index contributed by atoms with van der Waals surface area (Å²) >= 11 is 0. The summed E-state index contributed by atoms with van der Waals surface area (Å²) in [5.74, 6) is 0. The standard InChI is InChI=1S/C13H20N4/c1-5-11-8-12(6-2)17(15-11)9-13-7-10(3)14-16(13)4/h7-8H,5-6,9H2,1-4H3. The van der Waals surface area contributed by atoms with E-state index in [1.807, 2.05) is 18.7 Å². The number of aryl methyl sites for hydroxylation is 4. The van der Waals surface area contributed by atoms with Crippen LogP contribution >= 0.6 is 0 Å². The summed E-state index contributed by atoms with van der Waals surface area (Å²) in [6.45, 7) is 7.13. The van der Waals surface area contributed by atoms with Gasteiger partial charge in [-0.25, -0.2) is 0 Å². The van der Waals surface area contributed by atoms with Crippen LogP contribution in [-0.2, 0) is 26.4 Å². The molecule has 4 nitrogen and oxygen atoms in total. The lowest BCUT2D eigenvalue weighted by atomic mass is 10.2. The molecule has 4 heteroatoms. The van der Waals surface area contributed by atoms with E-state index in [0.29, 0.717) is 0 Å². The summed E-state index contributed by atoms with van der Waals surface area (Å²) < 4.78 is 4.03. The minimum absolute atomic E-state index is 0.806. The van der Waals surface area contributed by atoms with Crippen molar-refractivity contribution in [1.82, 2.24) is 19.6 Å². The van der Waals surface area contributed by atoms with Gasteiger partial charge in [-0.1, -0.05) is 13.8 Å². The third-order valence-electron chi connectivity index (χ3n) is 3.05. The molecule has 0 radical (unpaired) electrons. The zero-order valence-corrected chi connectivity index (χ0v) is 11.1. The molecule has 0 fully saturated rings.